The number of nitrogens with two attached hydrogens (primary N) is 2. The smallest absolute Gasteiger partial charge is 0.306 e. The predicted octanol–water partition coefficient (Wildman–Crippen LogP) is 6.04. The Morgan fingerprint density at radius 1 is 0.707 bits per heavy atom. The van der Waals surface area contributed by atoms with Gasteiger partial charge in [0, 0.05) is 31.2 Å². The van der Waals surface area contributed by atoms with E-state index in [0.717, 1.165) is 42.4 Å². The number of rotatable bonds is 9. The number of anilines is 2. The number of nitrogen functional groups attached to an aromatic ring is 2. The van der Waals surface area contributed by atoms with Crippen LogP contribution in [-0.4, -0.2) is 21.5 Å². The Morgan fingerprint density at radius 2 is 1.12 bits per heavy atom. The first-order valence-electron chi connectivity index (χ1n) is 13.8. The molecule has 41 heavy (non-hydrogen) atoms. The maximum atomic E-state index is 11.7. The number of aromatic nitrogens is 2. The number of nitrogens with zero attached hydrogens (tertiary/aromatic N) is 3. The van der Waals surface area contributed by atoms with Gasteiger partial charge < -0.3 is 16.2 Å². The number of hydrogen-bond donors (Lipinski definition) is 2. The second kappa shape index (κ2) is 15.2. The highest BCUT2D eigenvalue weighted by molar-refractivity contribution is 5.70. The fourth-order valence-corrected chi connectivity index (χ4v) is 4.12. The summed E-state index contributed by atoms with van der Waals surface area (Å²) in [4.78, 5) is 19.9. The number of pyridine rings is 2. The van der Waals surface area contributed by atoms with Crippen molar-refractivity contribution in [1.82, 2.24) is 9.97 Å². The first-order chi connectivity index (χ1) is 19.6. The highest BCUT2D eigenvalue weighted by Gasteiger charge is 2.15. The predicted molar refractivity (Wildman–Crippen MR) is 164 cm³/mol. The maximum Gasteiger partial charge on any atom is 0.306 e. The van der Waals surface area contributed by atoms with Crippen molar-refractivity contribution in [2.75, 3.05) is 11.5 Å². The second-order valence-corrected chi connectivity index (χ2v) is 11.0. The molecule has 4 N–H and O–H groups in total. The van der Waals surface area contributed by atoms with Crippen LogP contribution in [0.4, 0.5) is 11.4 Å². The molecule has 0 aliphatic carbocycles. The molecule has 0 amide bonds. The van der Waals surface area contributed by atoms with E-state index in [4.69, 9.17) is 21.5 Å². The minimum atomic E-state index is -0.420. The van der Waals surface area contributed by atoms with Crippen molar-refractivity contribution in [2.45, 2.75) is 64.9 Å². The first-order valence-corrected chi connectivity index (χ1v) is 13.8. The topological polar surface area (TPSA) is 128 Å². The van der Waals surface area contributed by atoms with Crippen molar-refractivity contribution in [3.63, 3.8) is 0 Å². The molecule has 4 rings (SSSR count). The Labute approximate surface area is 243 Å². The summed E-state index contributed by atoms with van der Waals surface area (Å²) in [6, 6.07) is 22.1. The number of esters is 1. The molecule has 0 radical (unpaired) electrons. The molecule has 4 aromatic rings. The molecule has 0 bridgehead atoms. The number of hydrogen-bond acceptors (Lipinski definition) is 7. The lowest BCUT2D eigenvalue weighted by atomic mass is 10.0. The van der Waals surface area contributed by atoms with Gasteiger partial charge in [0.2, 0.25) is 0 Å². The van der Waals surface area contributed by atoms with E-state index in [1.807, 2.05) is 69.6 Å². The van der Waals surface area contributed by atoms with Crippen LogP contribution >= 0.6 is 0 Å². The molecule has 2 heterocycles. The summed E-state index contributed by atoms with van der Waals surface area (Å²) in [5.74, 6) is -0.152. The number of benzene rings is 2. The molecule has 0 aliphatic heterocycles. The number of ether oxygens (including phenoxy) is 1. The average molecular weight is 550 g/mol. The van der Waals surface area contributed by atoms with Crippen LogP contribution in [0.1, 0.15) is 60.6 Å². The van der Waals surface area contributed by atoms with Crippen molar-refractivity contribution in [1.29, 1.82) is 5.26 Å². The third kappa shape index (κ3) is 11.9. The van der Waals surface area contributed by atoms with Crippen molar-refractivity contribution in [2.24, 2.45) is 0 Å². The molecule has 212 valence electrons. The van der Waals surface area contributed by atoms with Gasteiger partial charge in [0.25, 0.3) is 0 Å². The maximum absolute atomic E-state index is 11.7. The monoisotopic (exact) mass is 549 g/mol. The lowest BCUT2D eigenvalue weighted by Gasteiger charge is -2.19. The summed E-state index contributed by atoms with van der Waals surface area (Å²) in [5, 5.41) is 8.69. The van der Waals surface area contributed by atoms with Crippen molar-refractivity contribution in [3.05, 3.63) is 119 Å². The summed E-state index contributed by atoms with van der Waals surface area (Å²) >= 11 is 0. The molecule has 0 unspecified atom stereocenters. The van der Waals surface area contributed by atoms with Crippen LogP contribution in [0.5, 0.6) is 0 Å². The highest BCUT2D eigenvalue weighted by Crippen LogP contribution is 2.14. The number of carbonyl (C=O) groups is 1. The highest BCUT2D eigenvalue weighted by atomic mass is 16.6. The first kappa shape index (κ1) is 30.8. The van der Waals surface area contributed by atoms with Gasteiger partial charge in [-0.05, 0) is 105 Å². The van der Waals surface area contributed by atoms with Gasteiger partial charge in [-0.3, -0.25) is 14.8 Å². The number of nitriles is 1. The molecule has 2 aromatic carbocycles. The average Bonchev–Trinajstić information content (AvgIpc) is 2.94. The van der Waals surface area contributed by atoms with Gasteiger partial charge in [-0.2, -0.15) is 5.26 Å². The summed E-state index contributed by atoms with van der Waals surface area (Å²) in [5.41, 5.74) is 19.0. The summed E-state index contributed by atoms with van der Waals surface area (Å²) in [6.07, 6.45) is 11.8. The van der Waals surface area contributed by atoms with E-state index in [9.17, 15) is 4.79 Å². The van der Waals surface area contributed by atoms with Crippen LogP contribution in [0, 0.1) is 11.3 Å². The zero-order chi connectivity index (χ0) is 29.7. The fraction of sp³-hybridized carbons (Fsp3) is 0.294. The van der Waals surface area contributed by atoms with Crippen LogP contribution < -0.4 is 11.5 Å². The molecule has 7 nitrogen and oxygen atoms in total. The lowest BCUT2D eigenvalue weighted by Crippen LogP contribution is -2.23. The Balaban J connectivity index is 0.000000239. The van der Waals surface area contributed by atoms with Crippen LogP contribution in [0.2, 0.25) is 0 Å². The van der Waals surface area contributed by atoms with E-state index in [2.05, 4.69) is 40.3 Å². The van der Waals surface area contributed by atoms with E-state index < -0.39 is 5.60 Å². The normalized spacial score (nSPS) is 10.7. The minimum absolute atomic E-state index is 0.152. The minimum Gasteiger partial charge on any atom is -0.460 e. The lowest BCUT2D eigenvalue weighted by molar-refractivity contribution is -0.154. The van der Waals surface area contributed by atoms with Gasteiger partial charge in [0.15, 0.2) is 0 Å². The van der Waals surface area contributed by atoms with Gasteiger partial charge >= 0.3 is 5.97 Å². The van der Waals surface area contributed by atoms with E-state index in [1.165, 1.54) is 11.1 Å². The van der Waals surface area contributed by atoms with Gasteiger partial charge in [0.05, 0.1) is 23.0 Å². The van der Waals surface area contributed by atoms with E-state index in [-0.39, 0.29) is 5.97 Å². The Bertz CT molecular complexity index is 1440. The molecular weight excluding hydrogens is 510 g/mol. The third-order valence-corrected chi connectivity index (χ3v) is 6.18. The molecule has 0 aliphatic rings. The van der Waals surface area contributed by atoms with Crippen LogP contribution in [0.15, 0.2) is 85.5 Å². The Morgan fingerprint density at radius 3 is 1.54 bits per heavy atom. The zero-order valence-corrected chi connectivity index (χ0v) is 24.1. The molecule has 0 atom stereocenters. The molecule has 0 spiro atoms. The van der Waals surface area contributed by atoms with Gasteiger partial charge in [-0.1, -0.05) is 36.4 Å². The van der Waals surface area contributed by atoms with Gasteiger partial charge in [-0.25, -0.2) is 0 Å². The van der Waals surface area contributed by atoms with E-state index >= 15 is 0 Å². The van der Waals surface area contributed by atoms with E-state index in [0.29, 0.717) is 29.8 Å². The molecule has 0 saturated carbocycles. The van der Waals surface area contributed by atoms with Crippen LogP contribution in [-0.2, 0) is 41.6 Å². The number of aryl methyl sites for hydroxylation is 5. The summed E-state index contributed by atoms with van der Waals surface area (Å²) in [7, 11) is 0. The Hall–Kier alpha value is -4.70. The molecule has 7 heteroatoms. The van der Waals surface area contributed by atoms with Crippen molar-refractivity contribution in [3.8, 4) is 6.07 Å². The summed E-state index contributed by atoms with van der Waals surface area (Å²) in [6.45, 7) is 5.65. The SMILES string of the molecule is CC(C)(C)OC(=O)CCc1ccc(CCc2cncc(N)c2)cc1.N#Cc1ccc(CCc2cncc(N)c2)cc1. The van der Waals surface area contributed by atoms with Gasteiger partial charge in [-0.15, -0.1) is 0 Å². The van der Waals surface area contributed by atoms with Crippen LogP contribution in [0.25, 0.3) is 0 Å². The number of carbonyl (C=O) groups excluding carboxylic acids is 1. The molecular formula is C34H39N5O2. The Kier molecular flexibility index (Phi) is 11.4. The standard InChI is InChI=1S/C20H26N2O2.C14H13N3/c1-20(2,3)24-19(23)11-10-16-6-4-15(5-7-16)8-9-17-12-18(21)14-22-13-17;15-8-12-4-1-11(2-5-12)3-6-13-7-14(16)10-17-9-13/h4-7,12-14H,8-11,21H2,1-3H3;1-2,4-5,7,9-10H,3,6,16H2. The fourth-order valence-electron chi connectivity index (χ4n) is 4.12. The second-order valence-electron chi connectivity index (χ2n) is 11.0. The third-order valence-electron chi connectivity index (χ3n) is 6.18. The van der Waals surface area contributed by atoms with Crippen molar-refractivity contribution < 1.29 is 9.53 Å². The largest absolute Gasteiger partial charge is 0.460 e. The van der Waals surface area contributed by atoms with Crippen molar-refractivity contribution >= 4 is 17.3 Å². The van der Waals surface area contributed by atoms with Gasteiger partial charge in [0.1, 0.15) is 5.60 Å². The summed E-state index contributed by atoms with van der Waals surface area (Å²) < 4.78 is 5.33. The zero-order valence-electron chi connectivity index (χ0n) is 24.1. The van der Waals surface area contributed by atoms with E-state index in [1.54, 1.807) is 12.4 Å². The quantitative estimate of drug-likeness (QED) is 0.243. The molecule has 0 fully saturated rings. The van der Waals surface area contributed by atoms with Crippen LogP contribution in [0.3, 0.4) is 0 Å². The molecule has 0 saturated heterocycles. The molecule has 2 aromatic heterocycles.